The number of aromatic hydroxyl groups is 3. The Bertz CT molecular complexity index is 799. The predicted octanol–water partition coefficient (Wildman–Crippen LogP) is 2.90. The zero-order valence-electron chi connectivity index (χ0n) is 10.6. The van der Waals surface area contributed by atoms with Crippen LogP contribution in [0, 0.1) is 3.57 Å². The SMILES string of the molecule is O=C1Nc2ccc(I)cc2C1=Cc1ccc(O)c(O)c1O. The highest BCUT2D eigenvalue weighted by Gasteiger charge is 2.24. The molecule has 3 rings (SSSR count). The number of anilines is 1. The van der Waals surface area contributed by atoms with E-state index in [9.17, 15) is 20.1 Å². The van der Waals surface area contributed by atoms with E-state index in [0.717, 1.165) is 9.13 Å². The normalized spacial score (nSPS) is 15.1. The molecular formula is C15H10INO4. The molecular weight excluding hydrogens is 385 g/mol. The number of rotatable bonds is 1. The summed E-state index contributed by atoms with van der Waals surface area (Å²) in [4.78, 5) is 12.0. The fourth-order valence-electron chi connectivity index (χ4n) is 2.16. The summed E-state index contributed by atoms with van der Waals surface area (Å²) in [6, 6.07) is 8.23. The van der Waals surface area contributed by atoms with E-state index in [-0.39, 0.29) is 11.5 Å². The molecule has 0 atom stereocenters. The van der Waals surface area contributed by atoms with Crippen molar-refractivity contribution in [1.82, 2.24) is 0 Å². The number of hydrogen-bond donors (Lipinski definition) is 4. The summed E-state index contributed by atoms with van der Waals surface area (Å²) < 4.78 is 0.978. The smallest absolute Gasteiger partial charge is 0.256 e. The number of benzene rings is 2. The lowest BCUT2D eigenvalue weighted by Crippen LogP contribution is -2.03. The van der Waals surface area contributed by atoms with E-state index in [1.807, 2.05) is 18.2 Å². The Balaban J connectivity index is 2.15. The van der Waals surface area contributed by atoms with E-state index in [1.54, 1.807) is 0 Å². The zero-order chi connectivity index (χ0) is 15.1. The lowest BCUT2D eigenvalue weighted by molar-refractivity contribution is -0.110. The first-order valence-electron chi connectivity index (χ1n) is 6.04. The van der Waals surface area contributed by atoms with Crippen molar-refractivity contribution in [2.45, 2.75) is 0 Å². The molecule has 0 spiro atoms. The van der Waals surface area contributed by atoms with Gasteiger partial charge in [0.2, 0.25) is 5.75 Å². The van der Waals surface area contributed by atoms with Crippen molar-refractivity contribution in [2.24, 2.45) is 0 Å². The summed E-state index contributed by atoms with van der Waals surface area (Å²) in [6.07, 6.45) is 1.48. The molecule has 0 saturated heterocycles. The Morgan fingerprint density at radius 2 is 1.81 bits per heavy atom. The monoisotopic (exact) mass is 395 g/mol. The molecule has 0 aliphatic carbocycles. The highest BCUT2D eigenvalue weighted by molar-refractivity contribution is 14.1. The molecule has 1 heterocycles. The van der Waals surface area contributed by atoms with Crippen molar-refractivity contribution in [3.8, 4) is 17.2 Å². The first-order chi connectivity index (χ1) is 9.97. The van der Waals surface area contributed by atoms with Gasteiger partial charge in [-0.25, -0.2) is 0 Å². The summed E-state index contributed by atoms with van der Waals surface area (Å²) in [7, 11) is 0. The van der Waals surface area contributed by atoms with Crippen LogP contribution in [-0.2, 0) is 4.79 Å². The van der Waals surface area contributed by atoms with Gasteiger partial charge in [0.1, 0.15) is 0 Å². The minimum Gasteiger partial charge on any atom is -0.504 e. The molecule has 0 saturated carbocycles. The average Bonchev–Trinajstić information content (AvgIpc) is 2.75. The quantitative estimate of drug-likeness (QED) is 0.340. The van der Waals surface area contributed by atoms with E-state index >= 15 is 0 Å². The van der Waals surface area contributed by atoms with Crippen LogP contribution in [0.1, 0.15) is 11.1 Å². The van der Waals surface area contributed by atoms with Gasteiger partial charge >= 0.3 is 0 Å². The largest absolute Gasteiger partial charge is 0.504 e. The number of carbonyl (C=O) groups excluding carboxylic acids is 1. The molecule has 0 unspecified atom stereocenters. The van der Waals surface area contributed by atoms with Crippen molar-refractivity contribution >= 4 is 45.8 Å². The highest BCUT2D eigenvalue weighted by Crippen LogP contribution is 2.40. The molecule has 1 amide bonds. The van der Waals surface area contributed by atoms with Crippen molar-refractivity contribution < 1.29 is 20.1 Å². The maximum atomic E-state index is 12.0. The number of phenolic OH excluding ortho intramolecular Hbond substituents is 3. The second-order valence-electron chi connectivity index (χ2n) is 4.57. The molecule has 2 aromatic carbocycles. The van der Waals surface area contributed by atoms with Gasteiger partial charge in [0.25, 0.3) is 5.91 Å². The van der Waals surface area contributed by atoms with Crippen molar-refractivity contribution in [2.75, 3.05) is 5.32 Å². The third kappa shape index (κ3) is 2.31. The van der Waals surface area contributed by atoms with E-state index in [2.05, 4.69) is 27.9 Å². The van der Waals surface area contributed by atoms with E-state index in [1.165, 1.54) is 18.2 Å². The van der Waals surface area contributed by atoms with E-state index in [4.69, 9.17) is 0 Å². The summed E-state index contributed by atoms with van der Waals surface area (Å²) >= 11 is 2.15. The topological polar surface area (TPSA) is 89.8 Å². The van der Waals surface area contributed by atoms with E-state index in [0.29, 0.717) is 11.3 Å². The summed E-state index contributed by atoms with van der Waals surface area (Å²) in [6.45, 7) is 0. The highest BCUT2D eigenvalue weighted by atomic mass is 127. The molecule has 0 bridgehead atoms. The number of carbonyl (C=O) groups is 1. The van der Waals surface area contributed by atoms with Gasteiger partial charge in [-0.15, -0.1) is 0 Å². The van der Waals surface area contributed by atoms with Crippen LogP contribution < -0.4 is 5.32 Å². The number of phenols is 3. The standard InChI is InChI=1S/C15H10INO4/c16-8-2-3-11-9(6-8)10(15(21)17-11)5-7-1-4-12(18)14(20)13(7)19/h1-6,18-20H,(H,17,21). The van der Waals surface area contributed by atoms with Gasteiger partial charge in [-0.3, -0.25) is 4.79 Å². The van der Waals surface area contributed by atoms with Crippen LogP contribution in [-0.4, -0.2) is 21.2 Å². The molecule has 4 N–H and O–H groups in total. The average molecular weight is 395 g/mol. The van der Waals surface area contributed by atoms with Crippen LogP contribution in [0.5, 0.6) is 17.2 Å². The summed E-state index contributed by atoms with van der Waals surface area (Å²) in [5.74, 6) is -1.76. The molecule has 0 fully saturated rings. The van der Waals surface area contributed by atoms with Crippen LogP contribution >= 0.6 is 22.6 Å². The van der Waals surface area contributed by atoms with Gasteiger partial charge in [-0.2, -0.15) is 0 Å². The molecule has 6 heteroatoms. The van der Waals surface area contributed by atoms with Gasteiger partial charge in [0.05, 0.1) is 0 Å². The summed E-state index contributed by atoms with van der Waals surface area (Å²) in [5, 5.41) is 31.4. The minimum absolute atomic E-state index is 0.252. The number of fused-ring (bicyclic) bond motifs is 1. The Morgan fingerprint density at radius 1 is 1.05 bits per heavy atom. The molecule has 106 valence electrons. The molecule has 1 aliphatic heterocycles. The fourth-order valence-corrected chi connectivity index (χ4v) is 2.65. The third-order valence-corrected chi connectivity index (χ3v) is 3.90. The van der Waals surface area contributed by atoms with Crippen LogP contribution in [0.25, 0.3) is 11.6 Å². The Labute approximate surface area is 133 Å². The fraction of sp³-hybridized carbons (Fsp3) is 0. The Morgan fingerprint density at radius 3 is 2.57 bits per heavy atom. The second kappa shape index (κ2) is 4.96. The Hall–Kier alpha value is -2.22. The molecule has 1 aliphatic rings. The van der Waals surface area contributed by atoms with Crippen molar-refractivity contribution in [3.05, 3.63) is 45.0 Å². The maximum absolute atomic E-state index is 12.0. The first-order valence-corrected chi connectivity index (χ1v) is 7.12. The van der Waals surface area contributed by atoms with Gasteiger partial charge in [-0.1, -0.05) is 0 Å². The first kappa shape index (κ1) is 13.7. The van der Waals surface area contributed by atoms with Gasteiger partial charge < -0.3 is 20.6 Å². The number of hydrogen-bond acceptors (Lipinski definition) is 4. The second-order valence-corrected chi connectivity index (χ2v) is 5.82. The maximum Gasteiger partial charge on any atom is 0.256 e. The van der Waals surface area contributed by atoms with Crippen LogP contribution in [0.15, 0.2) is 30.3 Å². The summed E-state index contributed by atoms with van der Waals surface area (Å²) in [5.41, 5.74) is 2.08. The van der Waals surface area contributed by atoms with Gasteiger partial charge in [0, 0.05) is 26.0 Å². The number of halogens is 1. The lowest BCUT2D eigenvalue weighted by Gasteiger charge is -2.05. The Kier molecular flexibility index (Phi) is 3.25. The van der Waals surface area contributed by atoms with Gasteiger partial charge in [0.15, 0.2) is 11.5 Å². The minimum atomic E-state index is -0.606. The molecule has 5 nitrogen and oxygen atoms in total. The molecule has 21 heavy (non-hydrogen) atoms. The van der Waals surface area contributed by atoms with Crippen molar-refractivity contribution in [1.29, 1.82) is 0 Å². The van der Waals surface area contributed by atoms with Gasteiger partial charge in [-0.05, 0) is 59.0 Å². The third-order valence-electron chi connectivity index (χ3n) is 3.23. The molecule has 0 aromatic heterocycles. The van der Waals surface area contributed by atoms with Crippen LogP contribution in [0.2, 0.25) is 0 Å². The predicted molar refractivity (Wildman–Crippen MR) is 87.1 cm³/mol. The zero-order valence-corrected chi connectivity index (χ0v) is 12.7. The number of nitrogens with one attached hydrogen (secondary N) is 1. The molecule has 0 radical (unpaired) electrons. The van der Waals surface area contributed by atoms with Crippen LogP contribution in [0.4, 0.5) is 5.69 Å². The van der Waals surface area contributed by atoms with E-state index < -0.39 is 17.2 Å². The molecule has 2 aromatic rings. The van der Waals surface area contributed by atoms with Crippen molar-refractivity contribution in [3.63, 3.8) is 0 Å². The lowest BCUT2D eigenvalue weighted by atomic mass is 10.0. The number of amides is 1. The van der Waals surface area contributed by atoms with Crippen LogP contribution in [0.3, 0.4) is 0 Å².